The molecule has 0 saturated heterocycles. The molecular formula is C30H24. The average Bonchev–Trinajstić information content (AvgIpc) is 3.28. The highest BCUT2D eigenvalue weighted by molar-refractivity contribution is 6.20. The molecule has 2 aliphatic carbocycles. The molecule has 2 aliphatic rings. The van der Waals surface area contributed by atoms with Crippen molar-refractivity contribution in [1.82, 2.24) is 0 Å². The van der Waals surface area contributed by atoms with Gasteiger partial charge >= 0.3 is 0 Å². The third kappa shape index (κ3) is 2.11. The van der Waals surface area contributed by atoms with Gasteiger partial charge in [-0.15, -0.1) is 0 Å². The van der Waals surface area contributed by atoms with Gasteiger partial charge in [0.1, 0.15) is 0 Å². The molecule has 0 heteroatoms. The van der Waals surface area contributed by atoms with E-state index in [2.05, 4.69) is 100 Å². The van der Waals surface area contributed by atoms with Gasteiger partial charge in [-0.1, -0.05) is 72.8 Å². The van der Waals surface area contributed by atoms with Crippen molar-refractivity contribution in [3.63, 3.8) is 0 Å². The summed E-state index contributed by atoms with van der Waals surface area (Å²) in [5.41, 5.74) is 19.3. The Kier molecular flexibility index (Phi) is 3.53. The molecule has 0 saturated carbocycles. The van der Waals surface area contributed by atoms with Gasteiger partial charge in [0.2, 0.25) is 0 Å². The highest BCUT2D eigenvalue weighted by atomic mass is 14.4. The van der Waals surface area contributed by atoms with Gasteiger partial charge in [-0.25, -0.2) is 0 Å². The van der Waals surface area contributed by atoms with Crippen molar-refractivity contribution in [3.05, 3.63) is 117 Å². The summed E-state index contributed by atoms with van der Waals surface area (Å²) in [6.45, 7) is 9.01. The van der Waals surface area contributed by atoms with Crippen LogP contribution in [0.4, 0.5) is 0 Å². The van der Waals surface area contributed by atoms with Gasteiger partial charge in [-0.2, -0.15) is 0 Å². The molecule has 144 valence electrons. The molecule has 0 spiro atoms. The van der Waals surface area contributed by atoms with Gasteiger partial charge in [0.15, 0.2) is 0 Å². The van der Waals surface area contributed by atoms with E-state index in [1.54, 1.807) is 0 Å². The molecule has 0 bridgehead atoms. The summed E-state index contributed by atoms with van der Waals surface area (Å²) >= 11 is 0. The Bertz CT molecular complexity index is 1300. The van der Waals surface area contributed by atoms with Crippen molar-refractivity contribution < 1.29 is 0 Å². The molecule has 30 heavy (non-hydrogen) atoms. The zero-order valence-electron chi connectivity index (χ0n) is 17.9. The van der Waals surface area contributed by atoms with E-state index in [4.69, 9.17) is 0 Å². The minimum Gasteiger partial charge on any atom is -0.0616 e. The van der Waals surface area contributed by atoms with Crippen molar-refractivity contribution in [3.8, 4) is 22.3 Å². The Hall–Kier alpha value is -3.38. The fraction of sp³-hybridized carbons (Fsp3) is 0.133. The lowest BCUT2D eigenvalue weighted by Crippen LogP contribution is -1.95. The predicted octanol–water partition coefficient (Wildman–Crippen LogP) is 7.89. The maximum atomic E-state index is 2.31. The van der Waals surface area contributed by atoms with Gasteiger partial charge in [-0.3, -0.25) is 0 Å². The van der Waals surface area contributed by atoms with Crippen LogP contribution in [0.25, 0.3) is 33.4 Å². The van der Waals surface area contributed by atoms with E-state index >= 15 is 0 Å². The molecule has 0 nitrogen and oxygen atoms in total. The number of fused-ring (bicyclic) bond motifs is 6. The van der Waals surface area contributed by atoms with E-state index in [-0.39, 0.29) is 0 Å². The second-order valence-corrected chi connectivity index (χ2v) is 8.74. The standard InChI is InChI=1S/C30H24/c1-17-13-15-19(3)27-25(17)21-9-5-7-11-23(21)29(27)30-24-12-8-6-10-22(24)26-18(2)14-16-20(4)28(26)30/h5-16H,1-4H3/b30-29+. The minimum absolute atomic E-state index is 1.35. The Morgan fingerprint density at radius 3 is 1.00 bits per heavy atom. The molecule has 4 aromatic carbocycles. The third-order valence-corrected chi connectivity index (χ3v) is 6.93. The fourth-order valence-corrected chi connectivity index (χ4v) is 5.59. The van der Waals surface area contributed by atoms with E-state index in [9.17, 15) is 0 Å². The summed E-state index contributed by atoms with van der Waals surface area (Å²) in [6.07, 6.45) is 0. The highest BCUT2D eigenvalue weighted by Crippen LogP contribution is 2.56. The quantitative estimate of drug-likeness (QED) is 0.250. The van der Waals surface area contributed by atoms with Crippen LogP contribution in [0.1, 0.15) is 44.5 Å². The third-order valence-electron chi connectivity index (χ3n) is 6.93. The lowest BCUT2D eigenvalue weighted by molar-refractivity contribution is 1.37. The summed E-state index contributed by atoms with van der Waals surface area (Å²) in [6, 6.07) is 27.0. The topological polar surface area (TPSA) is 0 Å². The summed E-state index contributed by atoms with van der Waals surface area (Å²) in [5, 5.41) is 0. The first-order valence-electron chi connectivity index (χ1n) is 10.7. The van der Waals surface area contributed by atoms with E-state index in [0.29, 0.717) is 0 Å². The smallest absolute Gasteiger partial charge is 0.00110 e. The first-order chi connectivity index (χ1) is 14.6. The van der Waals surface area contributed by atoms with Crippen LogP contribution in [-0.2, 0) is 0 Å². The number of hydrogen-bond donors (Lipinski definition) is 0. The van der Waals surface area contributed by atoms with Gasteiger partial charge in [-0.05, 0) is 106 Å². The summed E-state index contributed by atoms with van der Waals surface area (Å²) in [4.78, 5) is 0. The normalized spacial score (nSPS) is 15.6. The van der Waals surface area contributed by atoms with Crippen LogP contribution >= 0.6 is 0 Å². The maximum absolute atomic E-state index is 2.31. The Morgan fingerprint density at radius 1 is 0.333 bits per heavy atom. The van der Waals surface area contributed by atoms with Crippen LogP contribution in [0.2, 0.25) is 0 Å². The summed E-state index contributed by atoms with van der Waals surface area (Å²) in [5.74, 6) is 0. The first-order valence-corrected chi connectivity index (χ1v) is 10.7. The summed E-state index contributed by atoms with van der Waals surface area (Å²) < 4.78 is 0. The largest absolute Gasteiger partial charge is 0.0616 e. The molecule has 0 radical (unpaired) electrons. The number of benzene rings is 4. The van der Waals surface area contributed by atoms with E-state index in [1.165, 1.54) is 77.9 Å². The van der Waals surface area contributed by atoms with Gasteiger partial charge in [0.25, 0.3) is 0 Å². The Labute approximate surface area is 178 Å². The maximum Gasteiger partial charge on any atom is -0.00110 e. The molecule has 0 aliphatic heterocycles. The van der Waals surface area contributed by atoms with Crippen molar-refractivity contribution in [1.29, 1.82) is 0 Å². The van der Waals surface area contributed by atoms with Crippen LogP contribution in [-0.4, -0.2) is 0 Å². The number of aryl methyl sites for hydroxylation is 4. The van der Waals surface area contributed by atoms with Crippen LogP contribution in [0.15, 0.2) is 72.8 Å². The monoisotopic (exact) mass is 384 g/mol. The molecular weight excluding hydrogens is 360 g/mol. The molecule has 0 aromatic heterocycles. The van der Waals surface area contributed by atoms with Crippen molar-refractivity contribution >= 4 is 11.1 Å². The second kappa shape index (κ2) is 6.06. The van der Waals surface area contributed by atoms with Crippen LogP contribution in [0.5, 0.6) is 0 Å². The van der Waals surface area contributed by atoms with Crippen LogP contribution < -0.4 is 0 Å². The lowest BCUT2D eigenvalue weighted by Gasteiger charge is -2.15. The zero-order valence-corrected chi connectivity index (χ0v) is 17.9. The number of rotatable bonds is 0. The Balaban J connectivity index is 1.88. The second-order valence-electron chi connectivity index (χ2n) is 8.74. The molecule has 0 amide bonds. The lowest BCUT2D eigenvalue weighted by atomic mass is 9.87. The molecule has 0 fully saturated rings. The van der Waals surface area contributed by atoms with Crippen LogP contribution in [0.3, 0.4) is 0 Å². The van der Waals surface area contributed by atoms with E-state index in [0.717, 1.165) is 0 Å². The molecule has 4 aromatic rings. The molecule has 0 N–H and O–H groups in total. The van der Waals surface area contributed by atoms with Gasteiger partial charge in [0, 0.05) is 0 Å². The first kappa shape index (κ1) is 17.5. The average molecular weight is 385 g/mol. The zero-order chi connectivity index (χ0) is 20.6. The van der Waals surface area contributed by atoms with Gasteiger partial charge in [0.05, 0.1) is 0 Å². The molecule has 0 heterocycles. The van der Waals surface area contributed by atoms with Crippen molar-refractivity contribution in [2.45, 2.75) is 27.7 Å². The molecule has 0 atom stereocenters. The van der Waals surface area contributed by atoms with Crippen molar-refractivity contribution in [2.75, 3.05) is 0 Å². The predicted molar refractivity (Wildman–Crippen MR) is 128 cm³/mol. The van der Waals surface area contributed by atoms with E-state index in [1.807, 2.05) is 0 Å². The fourth-order valence-electron chi connectivity index (χ4n) is 5.59. The number of hydrogen-bond acceptors (Lipinski definition) is 0. The molecule has 6 rings (SSSR count). The van der Waals surface area contributed by atoms with E-state index < -0.39 is 0 Å². The molecule has 0 unspecified atom stereocenters. The van der Waals surface area contributed by atoms with Crippen molar-refractivity contribution in [2.24, 2.45) is 0 Å². The summed E-state index contributed by atoms with van der Waals surface area (Å²) in [7, 11) is 0. The van der Waals surface area contributed by atoms with Crippen LogP contribution in [0, 0.1) is 27.7 Å². The SMILES string of the molecule is Cc1ccc(C)c2c1/C(=C1\c3ccccc3-c3c(C)ccc(C)c31)c1ccccc1-2. The van der Waals surface area contributed by atoms with Gasteiger partial charge < -0.3 is 0 Å². The Morgan fingerprint density at radius 2 is 0.633 bits per heavy atom. The highest BCUT2D eigenvalue weighted by Gasteiger charge is 2.34. The minimum atomic E-state index is 1.35.